The summed E-state index contributed by atoms with van der Waals surface area (Å²) in [4.78, 5) is 44.3. The number of hydrogen-bond acceptors (Lipinski definition) is 7. The molecular formula is C19H20N4O3S3. The molecule has 3 amide bonds. The van der Waals surface area contributed by atoms with Gasteiger partial charge in [0.15, 0.2) is 5.13 Å². The number of thioether (sulfide) groups is 2. The average molecular weight is 449 g/mol. The molecule has 1 aromatic heterocycles. The number of anilines is 1. The summed E-state index contributed by atoms with van der Waals surface area (Å²) in [7, 11) is 0. The molecule has 0 spiro atoms. The van der Waals surface area contributed by atoms with Crippen molar-refractivity contribution < 1.29 is 14.4 Å². The van der Waals surface area contributed by atoms with E-state index < -0.39 is 12.1 Å². The van der Waals surface area contributed by atoms with Crippen molar-refractivity contribution in [2.75, 3.05) is 23.1 Å². The Morgan fingerprint density at radius 1 is 1.38 bits per heavy atom. The van der Waals surface area contributed by atoms with Crippen LogP contribution in [0.25, 0.3) is 0 Å². The van der Waals surface area contributed by atoms with Crippen LogP contribution in [-0.2, 0) is 9.59 Å². The van der Waals surface area contributed by atoms with E-state index in [1.54, 1.807) is 46.1 Å². The molecule has 1 aromatic carbocycles. The molecular weight excluding hydrogens is 428 g/mol. The SMILES string of the molecule is CSCCC(NC(=O)C1CSC2c3ccccc3C(=O)N12)C(=O)Nc1nccs1. The maximum atomic E-state index is 13.0. The van der Waals surface area contributed by atoms with Crippen molar-refractivity contribution in [3.63, 3.8) is 0 Å². The van der Waals surface area contributed by atoms with Crippen LogP contribution in [0.4, 0.5) is 5.13 Å². The summed E-state index contributed by atoms with van der Waals surface area (Å²) < 4.78 is 0. The first-order valence-electron chi connectivity index (χ1n) is 9.13. The third-order valence-electron chi connectivity index (χ3n) is 4.90. The van der Waals surface area contributed by atoms with E-state index in [4.69, 9.17) is 0 Å². The molecule has 4 rings (SSSR count). The molecule has 0 bridgehead atoms. The van der Waals surface area contributed by atoms with Crippen molar-refractivity contribution in [3.05, 3.63) is 47.0 Å². The average Bonchev–Trinajstić information content (AvgIpc) is 3.44. The van der Waals surface area contributed by atoms with E-state index in [9.17, 15) is 14.4 Å². The van der Waals surface area contributed by atoms with Crippen LogP contribution < -0.4 is 10.6 Å². The van der Waals surface area contributed by atoms with Gasteiger partial charge in [-0.25, -0.2) is 4.98 Å². The van der Waals surface area contributed by atoms with Crippen molar-refractivity contribution in [2.24, 2.45) is 0 Å². The molecule has 152 valence electrons. The number of benzene rings is 1. The fourth-order valence-corrected chi connectivity index (χ4v) is 5.96. The highest BCUT2D eigenvalue weighted by Crippen LogP contribution is 2.48. The molecule has 29 heavy (non-hydrogen) atoms. The zero-order valence-corrected chi connectivity index (χ0v) is 18.1. The highest BCUT2D eigenvalue weighted by atomic mass is 32.2. The molecule has 10 heteroatoms. The molecule has 0 saturated carbocycles. The quantitative estimate of drug-likeness (QED) is 0.677. The smallest absolute Gasteiger partial charge is 0.256 e. The van der Waals surface area contributed by atoms with Gasteiger partial charge in [0.05, 0.1) is 0 Å². The summed E-state index contributed by atoms with van der Waals surface area (Å²) >= 11 is 4.52. The third kappa shape index (κ3) is 4.01. The summed E-state index contributed by atoms with van der Waals surface area (Å²) in [6, 6.07) is 6.21. The van der Waals surface area contributed by atoms with Crippen LogP contribution >= 0.6 is 34.9 Å². The zero-order chi connectivity index (χ0) is 20.4. The maximum Gasteiger partial charge on any atom is 0.256 e. The number of amides is 3. The Kier molecular flexibility index (Phi) is 6.12. The Hall–Kier alpha value is -2.04. The Morgan fingerprint density at radius 3 is 2.97 bits per heavy atom. The maximum absolute atomic E-state index is 13.0. The van der Waals surface area contributed by atoms with E-state index in [2.05, 4.69) is 15.6 Å². The number of carbonyl (C=O) groups excluding carboxylic acids is 3. The predicted molar refractivity (Wildman–Crippen MR) is 117 cm³/mol. The Bertz CT molecular complexity index is 921. The Balaban J connectivity index is 1.46. The zero-order valence-electron chi connectivity index (χ0n) is 15.7. The van der Waals surface area contributed by atoms with Crippen LogP contribution in [0.1, 0.15) is 27.7 Å². The minimum Gasteiger partial charge on any atom is -0.342 e. The number of nitrogens with zero attached hydrogens (tertiary/aromatic N) is 2. The molecule has 3 heterocycles. The number of carbonyl (C=O) groups is 3. The third-order valence-corrected chi connectivity index (χ3v) is 7.54. The highest BCUT2D eigenvalue weighted by molar-refractivity contribution is 7.99. The normalized spacial score (nSPS) is 20.9. The first kappa shape index (κ1) is 20.2. The summed E-state index contributed by atoms with van der Waals surface area (Å²) in [6.07, 6.45) is 4.07. The van der Waals surface area contributed by atoms with Crippen LogP contribution in [0.15, 0.2) is 35.8 Å². The second-order valence-electron chi connectivity index (χ2n) is 6.67. The van der Waals surface area contributed by atoms with Gasteiger partial charge in [0.2, 0.25) is 11.8 Å². The van der Waals surface area contributed by atoms with E-state index in [1.807, 2.05) is 24.5 Å². The van der Waals surface area contributed by atoms with Crippen LogP contribution in [0.2, 0.25) is 0 Å². The van der Waals surface area contributed by atoms with Gasteiger partial charge in [-0.2, -0.15) is 11.8 Å². The predicted octanol–water partition coefficient (Wildman–Crippen LogP) is 2.59. The molecule has 3 unspecified atom stereocenters. The lowest BCUT2D eigenvalue weighted by molar-refractivity contribution is -0.129. The first-order chi connectivity index (χ1) is 14.1. The molecule has 2 aliphatic rings. The number of fused-ring (bicyclic) bond motifs is 3. The van der Waals surface area contributed by atoms with Crippen molar-refractivity contribution in [3.8, 4) is 0 Å². The van der Waals surface area contributed by atoms with Gasteiger partial charge in [-0.1, -0.05) is 18.2 Å². The monoisotopic (exact) mass is 448 g/mol. The van der Waals surface area contributed by atoms with Crippen molar-refractivity contribution in [2.45, 2.75) is 23.9 Å². The van der Waals surface area contributed by atoms with E-state index in [-0.39, 0.29) is 23.1 Å². The molecule has 2 N–H and O–H groups in total. The highest BCUT2D eigenvalue weighted by Gasteiger charge is 2.48. The summed E-state index contributed by atoms with van der Waals surface area (Å²) in [6.45, 7) is 0. The summed E-state index contributed by atoms with van der Waals surface area (Å²) in [5, 5.41) is 7.77. The number of hydrogen-bond donors (Lipinski definition) is 2. The lowest BCUT2D eigenvalue weighted by Gasteiger charge is -2.25. The minimum atomic E-state index is -0.678. The van der Waals surface area contributed by atoms with Gasteiger partial charge in [0.25, 0.3) is 5.91 Å². The topological polar surface area (TPSA) is 91.4 Å². The Labute approximate surface area is 181 Å². The lowest BCUT2D eigenvalue weighted by atomic mass is 10.1. The standard InChI is InChI=1S/C19H20N4O3S3/c1-27-8-6-13(15(24)22-19-20-7-9-28-19)21-16(25)14-10-29-18-12-5-3-2-4-11(12)17(26)23(14)18/h2-5,7,9,13-14,18H,6,8,10H2,1H3,(H,21,25)(H,20,22,24). The van der Waals surface area contributed by atoms with Gasteiger partial charge in [-0.3, -0.25) is 14.4 Å². The van der Waals surface area contributed by atoms with Crippen molar-refractivity contribution >= 4 is 57.7 Å². The van der Waals surface area contributed by atoms with Gasteiger partial charge < -0.3 is 15.5 Å². The lowest BCUT2D eigenvalue weighted by Crippen LogP contribution is -2.52. The van der Waals surface area contributed by atoms with E-state index >= 15 is 0 Å². The number of rotatable bonds is 7. The molecule has 1 saturated heterocycles. The van der Waals surface area contributed by atoms with Crippen molar-refractivity contribution in [1.29, 1.82) is 0 Å². The van der Waals surface area contributed by atoms with E-state index in [0.29, 0.717) is 22.9 Å². The van der Waals surface area contributed by atoms with Gasteiger partial charge >= 0.3 is 0 Å². The van der Waals surface area contributed by atoms with Crippen LogP contribution in [0, 0.1) is 0 Å². The summed E-state index contributed by atoms with van der Waals surface area (Å²) in [5.74, 6) is 0.539. The Morgan fingerprint density at radius 2 is 2.21 bits per heavy atom. The molecule has 2 aliphatic heterocycles. The van der Waals surface area contributed by atoms with Crippen molar-refractivity contribution in [1.82, 2.24) is 15.2 Å². The fraction of sp³-hybridized carbons (Fsp3) is 0.368. The van der Waals surface area contributed by atoms with Gasteiger partial charge in [-0.05, 0) is 30.1 Å². The fourth-order valence-electron chi connectivity index (χ4n) is 3.49. The largest absolute Gasteiger partial charge is 0.342 e. The number of nitrogens with one attached hydrogen (secondary N) is 2. The molecule has 2 aromatic rings. The van der Waals surface area contributed by atoms with Crippen LogP contribution in [-0.4, -0.2) is 57.5 Å². The molecule has 1 fully saturated rings. The minimum absolute atomic E-state index is 0.122. The van der Waals surface area contributed by atoms with Crippen LogP contribution in [0.5, 0.6) is 0 Å². The molecule has 7 nitrogen and oxygen atoms in total. The van der Waals surface area contributed by atoms with Gasteiger partial charge in [0.1, 0.15) is 17.5 Å². The van der Waals surface area contributed by atoms with E-state index in [1.165, 1.54) is 11.3 Å². The van der Waals surface area contributed by atoms with Gasteiger partial charge in [0, 0.05) is 22.9 Å². The molecule has 0 aliphatic carbocycles. The summed E-state index contributed by atoms with van der Waals surface area (Å²) in [5.41, 5.74) is 1.61. The molecule has 3 atom stereocenters. The second kappa shape index (κ2) is 8.76. The van der Waals surface area contributed by atoms with Gasteiger partial charge in [-0.15, -0.1) is 23.1 Å². The molecule has 0 radical (unpaired) electrons. The van der Waals surface area contributed by atoms with Crippen LogP contribution in [0.3, 0.4) is 0 Å². The second-order valence-corrected chi connectivity index (χ2v) is 9.66. The number of aromatic nitrogens is 1. The first-order valence-corrected chi connectivity index (χ1v) is 12.4. The number of thiazole rings is 1. The van der Waals surface area contributed by atoms with E-state index in [0.717, 1.165) is 11.3 Å².